The summed E-state index contributed by atoms with van der Waals surface area (Å²) in [6, 6.07) is 7.24. The molecule has 0 aliphatic rings. The fraction of sp³-hybridized carbons (Fsp3) is 0.438. The van der Waals surface area contributed by atoms with Crippen LogP contribution in [-0.2, 0) is 17.8 Å². The number of hydrogen-bond acceptors (Lipinski definition) is 4. The number of nitrogens with one attached hydrogen (secondary N) is 1. The number of ether oxygens (including phenoxy) is 1. The van der Waals surface area contributed by atoms with Gasteiger partial charge in [0.25, 0.3) is 0 Å². The van der Waals surface area contributed by atoms with Gasteiger partial charge in [0.05, 0.1) is 18.8 Å². The summed E-state index contributed by atoms with van der Waals surface area (Å²) in [7, 11) is 1.70. The second-order valence-electron chi connectivity index (χ2n) is 5.14. The summed E-state index contributed by atoms with van der Waals surface area (Å²) in [6.45, 7) is 7.18. The second kappa shape index (κ2) is 7.24. The van der Waals surface area contributed by atoms with Gasteiger partial charge in [-0.1, -0.05) is 12.1 Å². The Bertz CT molecular complexity index is 576. The Kier molecular flexibility index (Phi) is 5.36. The van der Waals surface area contributed by atoms with Crippen LogP contribution in [0.5, 0.6) is 5.75 Å². The van der Waals surface area contributed by atoms with Crippen molar-refractivity contribution in [3.8, 4) is 5.75 Å². The van der Waals surface area contributed by atoms with Gasteiger partial charge in [0.1, 0.15) is 5.75 Å². The maximum atomic E-state index is 9.33. The van der Waals surface area contributed by atoms with Crippen molar-refractivity contribution in [2.24, 2.45) is 0 Å². The van der Waals surface area contributed by atoms with E-state index in [0.717, 1.165) is 24.3 Å². The molecule has 0 radical (unpaired) electrons. The van der Waals surface area contributed by atoms with Crippen molar-refractivity contribution in [2.45, 2.75) is 26.9 Å². The van der Waals surface area contributed by atoms with Gasteiger partial charge in [0.15, 0.2) is 0 Å². The van der Waals surface area contributed by atoms with Gasteiger partial charge < -0.3 is 15.2 Å². The molecule has 0 atom stereocenters. The summed E-state index contributed by atoms with van der Waals surface area (Å²) < 4.78 is 7.04. The molecule has 114 valence electrons. The topological polar surface area (TPSA) is 59.3 Å². The Labute approximate surface area is 125 Å². The molecule has 1 heterocycles. The molecule has 2 N–H and O–H groups in total. The average molecular weight is 289 g/mol. The van der Waals surface area contributed by atoms with Crippen LogP contribution in [0.2, 0.25) is 0 Å². The van der Waals surface area contributed by atoms with Gasteiger partial charge in [-0.15, -0.1) is 0 Å². The van der Waals surface area contributed by atoms with Crippen LogP contribution >= 0.6 is 0 Å². The van der Waals surface area contributed by atoms with Gasteiger partial charge in [-0.3, -0.25) is 4.68 Å². The Morgan fingerprint density at radius 2 is 1.95 bits per heavy atom. The monoisotopic (exact) mass is 289 g/mol. The van der Waals surface area contributed by atoms with Gasteiger partial charge in [-0.2, -0.15) is 5.10 Å². The average Bonchev–Trinajstić information content (AvgIpc) is 2.73. The number of hydrogen-bond donors (Lipinski definition) is 2. The van der Waals surface area contributed by atoms with Crippen LogP contribution in [0.15, 0.2) is 24.3 Å². The van der Waals surface area contributed by atoms with E-state index in [-0.39, 0.29) is 5.75 Å². The lowest BCUT2D eigenvalue weighted by Crippen LogP contribution is -2.19. The SMILES string of the molecule is COCCNCc1c(C)nn(Cc2ccc(O)cc2)c1C. The molecule has 1 aromatic carbocycles. The summed E-state index contributed by atoms with van der Waals surface area (Å²) in [5, 5.41) is 17.3. The van der Waals surface area contributed by atoms with Crippen molar-refractivity contribution in [1.82, 2.24) is 15.1 Å². The van der Waals surface area contributed by atoms with Gasteiger partial charge in [-0.25, -0.2) is 0 Å². The van der Waals surface area contributed by atoms with E-state index >= 15 is 0 Å². The molecular weight excluding hydrogens is 266 g/mol. The summed E-state index contributed by atoms with van der Waals surface area (Å²) in [6.07, 6.45) is 0. The number of phenolic OH excluding ortho intramolecular Hbond substituents is 1. The highest BCUT2D eigenvalue weighted by atomic mass is 16.5. The smallest absolute Gasteiger partial charge is 0.115 e. The quantitative estimate of drug-likeness (QED) is 0.765. The summed E-state index contributed by atoms with van der Waals surface area (Å²) >= 11 is 0. The number of rotatable bonds is 7. The first-order chi connectivity index (χ1) is 10.1. The van der Waals surface area contributed by atoms with Crippen molar-refractivity contribution in [3.05, 3.63) is 46.8 Å². The highest BCUT2D eigenvalue weighted by Gasteiger charge is 2.11. The van der Waals surface area contributed by atoms with Crippen LogP contribution in [0.1, 0.15) is 22.5 Å². The standard InChI is InChI=1S/C16H23N3O2/c1-12-16(10-17-8-9-21-3)13(2)19(18-12)11-14-4-6-15(20)7-5-14/h4-7,17,20H,8-11H2,1-3H3. The molecule has 2 aromatic rings. The summed E-state index contributed by atoms with van der Waals surface area (Å²) in [5.74, 6) is 0.287. The zero-order valence-electron chi connectivity index (χ0n) is 12.9. The molecular formula is C16H23N3O2. The minimum Gasteiger partial charge on any atom is -0.508 e. The van der Waals surface area contributed by atoms with Crippen molar-refractivity contribution >= 4 is 0 Å². The van der Waals surface area contributed by atoms with Crippen molar-refractivity contribution in [2.75, 3.05) is 20.3 Å². The largest absolute Gasteiger partial charge is 0.508 e. The van der Waals surface area contributed by atoms with E-state index in [4.69, 9.17) is 4.74 Å². The van der Waals surface area contributed by atoms with Crippen LogP contribution in [0.3, 0.4) is 0 Å². The first-order valence-corrected chi connectivity index (χ1v) is 7.12. The number of phenols is 1. The maximum Gasteiger partial charge on any atom is 0.115 e. The van der Waals surface area contributed by atoms with E-state index in [2.05, 4.69) is 17.3 Å². The minimum atomic E-state index is 0.287. The lowest BCUT2D eigenvalue weighted by Gasteiger charge is -2.07. The van der Waals surface area contributed by atoms with Gasteiger partial charge in [-0.05, 0) is 31.5 Å². The fourth-order valence-electron chi connectivity index (χ4n) is 2.31. The summed E-state index contributed by atoms with van der Waals surface area (Å²) in [5.41, 5.74) is 4.59. The predicted molar refractivity (Wildman–Crippen MR) is 82.5 cm³/mol. The van der Waals surface area contributed by atoms with Crippen molar-refractivity contribution in [1.29, 1.82) is 0 Å². The van der Waals surface area contributed by atoms with Gasteiger partial charge in [0.2, 0.25) is 0 Å². The highest BCUT2D eigenvalue weighted by Crippen LogP contribution is 2.16. The molecule has 0 fully saturated rings. The van der Waals surface area contributed by atoms with Gasteiger partial charge >= 0.3 is 0 Å². The Balaban J connectivity index is 2.05. The molecule has 0 unspecified atom stereocenters. The lowest BCUT2D eigenvalue weighted by atomic mass is 10.2. The third-order valence-corrected chi connectivity index (χ3v) is 3.58. The molecule has 2 rings (SSSR count). The molecule has 0 saturated carbocycles. The van der Waals surface area contributed by atoms with Crippen LogP contribution in [0, 0.1) is 13.8 Å². The molecule has 1 aromatic heterocycles. The normalized spacial score (nSPS) is 11.0. The van der Waals surface area contributed by atoms with Crippen molar-refractivity contribution in [3.63, 3.8) is 0 Å². The molecule has 0 spiro atoms. The fourth-order valence-corrected chi connectivity index (χ4v) is 2.31. The van der Waals surface area contributed by atoms with E-state index in [1.165, 1.54) is 11.3 Å². The number of benzene rings is 1. The van der Waals surface area contributed by atoms with E-state index in [1.807, 2.05) is 23.7 Å². The van der Waals surface area contributed by atoms with Crippen LogP contribution < -0.4 is 5.32 Å². The summed E-state index contributed by atoms with van der Waals surface area (Å²) in [4.78, 5) is 0. The van der Waals surface area contributed by atoms with E-state index < -0.39 is 0 Å². The lowest BCUT2D eigenvalue weighted by molar-refractivity contribution is 0.199. The molecule has 0 aliphatic heterocycles. The predicted octanol–water partition coefficient (Wildman–Crippen LogP) is 1.99. The molecule has 0 bridgehead atoms. The van der Waals surface area contributed by atoms with E-state index in [0.29, 0.717) is 13.2 Å². The number of aromatic nitrogens is 2. The number of nitrogens with zero attached hydrogens (tertiary/aromatic N) is 2. The van der Waals surface area contributed by atoms with E-state index in [9.17, 15) is 5.11 Å². The highest BCUT2D eigenvalue weighted by molar-refractivity contribution is 5.28. The van der Waals surface area contributed by atoms with E-state index in [1.54, 1.807) is 19.2 Å². The molecule has 5 nitrogen and oxygen atoms in total. The Morgan fingerprint density at radius 1 is 1.24 bits per heavy atom. The molecule has 5 heteroatoms. The minimum absolute atomic E-state index is 0.287. The Hall–Kier alpha value is -1.85. The number of aryl methyl sites for hydroxylation is 1. The Morgan fingerprint density at radius 3 is 2.62 bits per heavy atom. The first kappa shape index (κ1) is 15.5. The molecule has 0 amide bonds. The zero-order valence-corrected chi connectivity index (χ0v) is 12.9. The number of methoxy groups -OCH3 is 1. The third kappa shape index (κ3) is 4.06. The zero-order chi connectivity index (χ0) is 15.2. The van der Waals surface area contributed by atoms with Crippen LogP contribution in [0.25, 0.3) is 0 Å². The second-order valence-corrected chi connectivity index (χ2v) is 5.14. The first-order valence-electron chi connectivity index (χ1n) is 7.12. The molecule has 21 heavy (non-hydrogen) atoms. The van der Waals surface area contributed by atoms with Gasteiger partial charge in [0, 0.05) is 31.5 Å². The molecule has 0 aliphatic carbocycles. The number of aromatic hydroxyl groups is 1. The van der Waals surface area contributed by atoms with Crippen LogP contribution in [-0.4, -0.2) is 35.1 Å². The molecule has 0 saturated heterocycles. The van der Waals surface area contributed by atoms with Crippen molar-refractivity contribution < 1.29 is 9.84 Å². The maximum absolute atomic E-state index is 9.33. The third-order valence-electron chi connectivity index (χ3n) is 3.58. The van der Waals surface area contributed by atoms with Crippen LogP contribution in [0.4, 0.5) is 0 Å².